The average molecular weight is 379 g/mol. The first-order valence-corrected chi connectivity index (χ1v) is 9.06. The summed E-state index contributed by atoms with van der Waals surface area (Å²) in [7, 11) is 4.79. The molecule has 1 aromatic rings. The van der Waals surface area contributed by atoms with Gasteiger partial charge in [-0.2, -0.15) is 0 Å². The highest BCUT2D eigenvalue weighted by atomic mass is 16.5. The van der Waals surface area contributed by atoms with Crippen LogP contribution in [0.15, 0.2) is 18.2 Å². The van der Waals surface area contributed by atoms with Crippen molar-refractivity contribution in [1.29, 1.82) is 0 Å². The molecule has 0 aliphatic carbocycles. The van der Waals surface area contributed by atoms with Gasteiger partial charge in [0.15, 0.2) is 11.5 Å². The monoisotopic (exact) mass is 379 g/mol. The number of methoxy groups -OCH3 is 3. The molecule has 3 amide bonds. The van der Waals surface area contributed by atoms with E-state index in [0.29, 0.717) is 50.7 Å². The van der Waals surface area contributed by atoms with E-state index in [0.717, 1.165) is 12.0 Å². The number of nitrogens with zero attached hydrogens (tertiary/aromatic N) is 1. The number of hydrogen-bond acceptors (Lipinski definition) is 5. The van der Waals surface area contributed by atoms with Gasteiger partial charge in [-0.1, -0.05) is 6.07 Å². The van der Waals surface area contributed by atoms with Gasteiger partial charge in [0.25, 0.3) is 0 Å². The molecule has 1 aliphatic heterocycles. The van der Waals surface area contributed by atoms with Crippen LogP contribution in [0.5, 0.6) is 11.5 Å². The molecule has 8 heteroatoms. The summed E-state index contributed by atoms with van der Waals surface area (Å²) in [5.41, 5.74) is 1.08. The van der Waals surface area contributed by atoms with Crippen molar-refractivity contribution >= 4 is 11.9 Å². The number of carbonyl (C=O) groups excluding carboxylic acids is 2. The second kappa shape index (κ2) is 10.6. The maximum atomic E-state index is 12.2. The van der Waals surface area contributed by atoms with Gasteiger partial charge in [-0.25, -0.2) is 4.79 Å². The zero-order valence-electron chi connectivity index (χ0n) is 16.2. The average Bonchev–Trinajstić information content (AvgIpc) is 3.04. The normalized spacial score (nSPS) is 16.3. The second-order valence-electron chi connectivity index (χ2n) is 6.48. The van der Waals surface area contributed by atoms with E-state index in [-0.39, 0.29) is 17.9 Å². The third-order valence-corrected chi connectivity index (χ3v) is 4.56. The molecule has 0 saturated carbocycles. The molecule has 8 nitrogen and oxygen atoms in total. The third kappa shape index (κ3) is 6.32. The number of urea groups is 1. The lowest BCUT2D eigenvalue weighted by Crippen LogP contribution is -2.40. The summed E-state index contributed by atoms with van der Waals surface area (Å²) in [4.78, 5) is 25.7. The fourth-order valence-electron chi connectivity index (χ4n) is 3.07. The Labute approximate surface area is 160 Å². The van der Waals surface area contributed by atoms with E-state index in [2.05, 4.69) is 10.6 Å². The van der Waals surface area contributed by atoms with Crippen molar-refractivity contribution in [2.24, 2.45) is 5.92 Å². The number of likely N-dealkylation sites (tertiary alicyclic amines) is 1. The van der Waals surface area contributed by atoms with Gasteiger partial charge in [0.2, 0.25) is 5.91 Å². The van der Waals surface area contributed by atoms with E-state index in [1.54, 1.807) is 21.3 Å². The van der Waals surface area contributed by atoms with Crippen LogP contribution in [0.1, 0.15) is 12.0 Å². The summed E-state index contributed by atoms with van der Waals surface area (Å²) in [6.07, 6.45) is 1.20. The number of hydrogen-bond donors (Lipinski definition) is 2. The van der Waals surface area contributed by atoms with E-state index in [9.17, 15) is 9.59 Å². The molecule has 1 fully saturated rings. The van der Waals surface area contributed by atoms with Gasteiger partial charge in [-0.15, -0.1) is 0 Å². The fourth-order valence-corrected chi connectivity index (χ4v) is 3.07. The molecule has 0 spiro atoms. The first-order chi connectivity index (χ1) is 13.1. The van der Waals surface area contributed by atoms with Crippen LogP contribution >= 0.6 is 0 Å². The Balaban J connectivity index is 1.76. The van der Waals surface area contributed by atoms with Gasteiger partial charge in [-0.3, -0.25) is 4.79 Å². The fraction of sp³-hybridized carbons (Fsp3) is 0.579. The molecule has 1 saturated heterocycles. The van der Waals surface area contributed by atoms with Gasteiger partial charge in [0, 0.05) is 45.6 Å². The topological polar surface area (TPSA) is 89.1 Å². The van der Waals surface area contributed by atoms with Crippen molar-refractivity contribution in [3.63, 3.8) is 0 Å². The Morgan fingerprint density at radius 3 is 2.67 bits per heavy atom. The smallest absolute Gasteiger partial charge is 0.314 e. The Bertz CT molecular complexity index is 638. The highest BCUT2D eigenvalue weighted by Crippen LogP contribution is 2.28. The Morgan fingerprint density at radius 2 is 1.96 bits per heavy atom. The van der Waals surface area contributed by atoms with Crippen LogP contribution in [-0.2, 0) is 16.0 Å². The molecule has 1 heterocycles. The molecule has 2 N–H and O–H groups in total. The van der Waals surface area contributed by atoms with Crippen LogP contribution < -0.4 is 20.1 Å². The lowest BCUT2D eigenvalue weighted by Gasteiger charge is -2.17. The van der Waals surface area contributed by atoms with Crippen LogP contribution in [-0.4, -0.2) is 71.0 Å². The molecule has 1 aliphatic rings. The molecule has 0 aromatic heterocycles. The number of ether oxygens (including phenoxy) is 3. The number of benzene rings is 1. The van der Waals surface area contributed by atoms with Gasteiger partial charge in [0.1, 0.15) is 0 Å². The highest BCUT2D eigenvalue weighted by Gasteiger charge is 2.29. The summed E-state index contributed by atoms with van der Waals surface area (Å²) in [6.45, 7) is 2.72. The summed E-state index contributed by atoms with van der Waals surface area (Å²) in [5.74, 6) is 1.64. The molecule has 0 radical (unpaired) electrons. The largest absolute Gasteiger partial charge is 0.493 e. The number of amides is 3. The zero-order chi connectivity index (χ0) is 19.6. The van der Waals surface area contributed by atoms with Gasteiger partial charge in [0.05, 0.1) is 20.8 Å². The predicted molar refractivity (Wildman–Crippen MR) is 101 cm³/mol. The lowest BCUT2D eigenvalue weighted by molar-refractivity contribution is -0.127. The van der Waals surface area contributed by atoms with E-state index in [1.165, 1.54) is 0 Å². The van der Waals surface area contributed by atoms with Gasteiger partial charge >= 0.3 is 6.03 Å². The van der Waals surface area contributed by atoms with Crippen LogP contribution in [0.2, 0.25) is 0 Å². The molecule has 27 heavy (non-hydrogen) atoms. The first kappa shape index (κ1) is 20.8. The van der Waals surface area contributed by atoms with Crippen LogP contribution in [0.4, 0.5) is 4.79 Å². The Kier molecular flexibility index (Phi) is 8.19. The van der Waals surface area contributed by atoms with Crippen LogP contribution in [0.25, 0.3) is 0 Å². The Morgan fingerprint density at radius 1 is 1.19 bits per heavy atom. The molecule has 1 unspecified atom stereocenters. The molecule has 2 rings (SSSR count). The van der Waals surface area contributed by atoms with E-state index in [1.807, 2.05) is 23.1 Å². The van der Waals surface area contributed by atoms with Crippen molar-refractivity contribution in [2.75, 3.05) is 54.1 Å². The van der Waals surface area contributed by atoms with Crippen LogP contribution in [0.3, 0.4) is 0 Å². The number of carbonyl (C=O) groups is 2. The minimum absolute atomic E-state index is 0.127. The Hall–Kier alpha value is -2.48. The second-order valence-corrected chi connectivity index (χ2v) is 6.48. The molecular weight excluding hydrogens is 350 g/mol. The van der Waals surface area contributed by atoms with Gasteiger partial charge < -0.3 is 29.7 Å². The van der Waals surface area contributed by atoms with Crippen molar-refractivity contribution in [2.45, 2.75) is 12.8 Å². The molecule has 0 bridgehead atoms. The van der Waals surface area contributed by atoms with Crippen molar-refractivity contribution in [3.8, 4) is 11.5 Å². The summed E-state index contributed by atoms with van der Waals surface area (Å²) in [6, 6.07) is 5.55. The minimum Gasteiger partial charge on any atom is -0.493 e. The quantitative estimate of drug-likeness (QED) is 0.593. The standard InChI is InChI=1S/C19H29N3O5/c1-25-9-7-20-19(24)21-12-15-11-18(23)22(13-15)8-6-14-4-5-16(26-2)17(10-14)27-3/h4-5,10,15H,6-9,11-13H2,1-3H3,(H2,20,21,24). The summed E-state index contributed by atoms with van der Waals surface area (Å²) < 4.78 is 15.4. The SMILES string of the molecule is COCCNC(=O)NCC1CC(=O)N(CCc2ccc(OC)c(OC)c2)C1. The maximum absolute atomic E-state index is 12.2. The molecular formula is C19H29N3O5. The molecule has 1 aromatic carbocycles. The molecule has 150 valence electrons. The van der Waals surface area contributed by atoms with Crippen molar-refractivity contribution < 1.29 is 23.8 Å². The van der Waals surface area contributed by atoms with E-state index < -0.39 is 0 Å². The summed E-state index contributed by atoms with van der Waals surface area (Å²) >= 11 is 0. The minimum atomic E-state index is -0.233. The predicted octanol–water partition coefficient (Wildman–Crippen LogP) is 1.04. The maximum Gasteiger partial charge on any atom is 0.314 e. The number of nitrogens with one attached hydrogen (secondary N) is 2. The lowest BCUT2D eigenvalue weighted by atomic mass is 10.1. The highest BCUT2D eigenvalue weighted by molar-refractivity contribution is 5.79. The zero-order valence-corrected chi connectivity index (χ0v) is 16.2. The van der Waals surface area contributed by atoms with Crippen LogP contribution in [0, 0.1) is 5.92 Å². The van der Waals surface area contributed by atoms with Crippen molar-refractivity contribution in [1.82, 2.24) is 15.5 Å². The van der Waals surface area contributed by atoms with E-state index in [4.69, 9.17) is 14.2 Å². The number of rotatable bonds is 10. The third-order valence-electron chi connectivity index (χ3n) is 4.56. The molecule has 1 atom stereocenters. The first-order valence-electron chi connectivity index (χ1n) is 9.06. The van der Waals surface area contributed by atoms with Crippen molar-refractivity contribution in [3.05, 3.63) is 23.8 Å². The summed E-state index contributed by atoms with van der Waals surface area (Å²) in [5, 5.41) is 5.51. The van der Waals surface area contributed by atoms with Gasteiger partial charge in [-0.05, 0) is 24.1 Å². The van der Waals surface area contributed by atoms with E-state index >= 15 is 0 Å².